The van der Waals surface area contributed by atoms with Crippen LogP contribution in [-0.4, -0.2) is 6.03 Å². The topological polar surface area (TPSA) is 41.1 Å². The van der Waals surface area contributed by atoms with Crippen molar-refractivity contribution in [3.63, 3.8) is 0 Å². The highest BCUT2D eigenvalue weighted by Gasteiger charge is 2.14. The smallest absolute Gasteiger partial charge is 0.315 e. The van der Waals surface area contributed by atoms with Crippen molar-refractivity contribution in [1.29, 1.82) is 0 Å². The number of benzene rings is 2. The van der Waals surface area contributed by atoms with E-state index < -0.39 is 0 Å². The standard InChI is InChI=1S/C21H26N2O/c1-15-7-9-17(10-8-15)14-22-21(24)23-16(2)19-12-11-18-5-3-4-6-20(18)13-19/h7-13,16H,3-6,14H2,1-2H3,(H2,22,23,24). The molecular weight excluding hydrogens is 296 g/mol. The lowest BCUT2D eigenvalue weighted by Crippen LogP contribution is -2.36. The average molecular weight is 322 g/mol. The average Bonchev–Trinajstić information content (AvgIpc) is 2.61. The molecule has 1 unspecified atom stereocenters. The summed E-state index contributed by atoms with van der Waals surface area (Å²) in [4.78, 5) is 12.1. The van der Waals surface area contributed by atoms with E-state index in [4.69, 9.17) is 0 Å². The van der Waals surface area contributed by atoms with E-state index in [0.29, 0.717) is 6.54 Å². The van der Waals surface area contributed by atoms with E-state index in [1.807, 2.05) is 19.1 Å². The lowest BCUT2D eigenvalue weighted by atomic mass is 9.89. The zero-order valence-corrected chi connectivity index (χ0v) is 14.6. The van der Waals surface area contributed by atoms with Gasteiger partial charge >= 0.3 is 6.03 Å². The van der Waals surface area contributed by atoms with Gasteiger partial charge in [0.25, 0.3) is 0 Å². The summed E-state index contributed by atoms with van der Waals surface area (Å²) in [6.45, 7) is 4.64. The molecule has 0 aliphatic heterocycles. The fourth-order valence-electron chi connectivity index (χ4n) is 3.24. The summed E-state index contributed by atoms with van der Waals surface area (Å²) in [5.74, 6) is 0. The fraction of sp³-hybridized carbons (Fsp3) is 0.381. The van der Waals surface area contributed by atoms with Crippen molar-refractivity contribution in [2.45, 2.75) is 52.1 Å². The number of fused-ring (bicyclic) bond motifs is 1. The van der Waals surface area contributed by atoms with Crippen molar-refractivity contribution >= 4 is 6.03 Å². The minimum atomic E-state index is -0.124. The molecule has 0 bridgehead atoms. The quantitative estimate of drug-likeness (QED) is 0.859. The SMILES string of the molecule is Cc1ccc(CNC(=O)NC(C)c2ccc3c(c2)CCCC3)cc1. The normalized spacial score (nSPS) is 14.6. The van der Waals surface area contributed by atoms with Gasteiger partial charge < -0.3 is 10.6 Å². The monoisotopic (exact) mass is 322 g/mol. The molecule has 3 rings (SSSR count). The number of hydrogen-bond acceptors (Lipinski definition) is 1. The second-order valence-corrected chi connectivity index (χ2v) is 6.77. The van der Waals surface area contributed by atoms with Crippen LogP contribution < -0.4 is 10.6 Å². The van der Waals surface area contributed by atoms with Crippen molar-refractivity contribution < 1.29 is 4.79 Å². The number of hydrogen-bond donors (Lipinski definition) is 2. The molecule has 0 heterocycles. The Balaban J connectivity index is 1.55. The number of rotatable bonds is 4. The van der Waals surface area contributed by atoms with E-state index in [2.05, 4.69) is 47.9 Å². The molecule has 0 saturated heterocycles. The third kappa shape index (κ3) is 4.16. The molecule has 2 N–H and O–H groups in total. The molecule has 0 spiro atoms. The zero-order valence-electron chi connectivity index (χ0n) is 14.6. The van der Waals surface area contributed by atoms with Crippen LogP contribution in [0.25, 0.3) is 0 Å². The van der Waals surface area contributed by atoms with Gasteiger partial charge in [-0.05, 0) is 61.8 Å². The molecule has 3 heteroatoms. The lowest BCUT2D eigenvalue weighted by molar-refractivity contribution is 0.237. The summed E-state index contributed by atoms with van der Waals surface area (Å²) in [6.07, 6.45) is 4.92. The summed E-state index contributed by atoms with van der Waals surface area (Å²) in [6, 6.07) is 14.7. The first-order chi connectivity index (χ1) is 11.6. The van der Waals surface area contributed by atoms with Crippen LogP contribution in [0.2, 0.25) is 0 Å². The number of aryl methyl sites for hydroxylation is 3. The molecule has 126 valence electrons. The molecule has 1 aliphatic rings. The molecule has 3 nitrogen and oxygen atoms in total. The predicted molar refractivity (Wildman–Crippen MR) is 98.0 cm³/mol. The van der Waals surface area contributed by atoms with Gasteiger partial charge in [-0.25, -0.2) is 4.79 Å². The van der Waals surface area contributed by atoms with Gasteiger partial charge in [-0.1, -0.05) is 48.0 Å². The molecule has 1 atom stereocenters. The minimum Gasteiger partial charge on any atom is -0.334 e. The van der Waals surface area contributed by atoms with Crippen molar-refractivity contribution in [1.82, 2.24) is 10.6 Å². The highest BCUT2D eigenvalue weighted by atomic mass is 16.2. The van der Waals surface area contributed by atoms with Crippen molar-refractivity contribution in [2.24, 2.45) is 0 Å². The van der Waals surface area contributed by atoms with Gasteiger partial charge in [0.1, 0.15) is 0 Å². The number of carbonyl (C=O) groups excluding carboxylic acids is 1. The van der Waals surface area contributed by atoms with Crippen LogP contribution in [0.1, 0.15) is 53.6 Å². The Morgan fingerprint density at radius 2 is 1.75 bits per heavy atom. The summed E-state index contributed by atoms with van der Waals surface area (Å²) in [7, 11) is 0. The second kappa shape index (κ2) is 7.52. The Labute approximate surface area is 144 Å². The van der Waals surface area contributed by atoms with Gasteiger partial charge in [0.05, 0.1) is 6.04 Å². The van der Waals surface area contributed by atoms with E-state index in [1.165, 1.54) is 41.5 Å². The Morgan fingerprint density at radius 3 is 2.50 bits per heavy atom. The van der Waals surface area contributed by atoms with Crippen LogP contribution in [0.5, 0.6) is 0 Å². The summed E-state index contributed by atoms with van der Waals surface area (Å²) < 4.78 is 0. The predicted octanol–water partition coefficient (Wildman–Crippen LogP) is 4.43. The van der Waals surface area contributed by atoms with Gasteiger partial charge in [-0.3, -0.25) is 0 Å². The van der Waals surface area contributed by atoms with E-state index >= 15 is 0 Å². The molecule has 0 radical (unpaired) electrons. The number of carbonyl (C=O) groups is 1. The van der Waals surface area contributed by atoms with Crippen LogP contribution in [-0.2, 0) is 19.4 Å². The first-order valence-electron chi connectivity index (χ1n) is 8.83. The van der Waals surface area contributed by atoms with Crippen LogP contribution in [0, 0.1) is 6.92 Å². The molecule has 0 saturated carbocycles. The molecule has 0 aromatic heterocycles. The van der Waals surface area contributed by atoms with Gasteiger partial charge in [-0.15, -0.1) is 0 Å². The van der Waals surface area contributed by atoms with Crippen molar-refractivity contribution in [2.75, 3.05) is 0 Å². The van der Waals surface area contributed by atoms with Crippen molar-refractivity contribution in [3.05, 3.63) is 70.3 Å². The number of urea groups is 1. The maximum Gasteiger partial charge on any atom is 0.315 e. The largest absolute Gasteiger partial charge is 0.334 e. The van der Waals surface area contributed by atoms with Gasteiger partial charge in [0.2, 0.25) is 0 Å². The van der Waals surface area contributed by atoms with Gasteiger partial charge in [0, 0.05) is 6.54 Å². The summed E-state index contributed by atoms with van der Waals surface area (Å²) >= 11 is 0. The first-order valence-corrected chi connectivity index (χ1v) is 8.83. The van der Waals surface area contributed by atoms with E-state index in [1.54, 1.807) is 0 Å². The molecule has 0 fully saturated rings. The maximum absolute atomic E-state index is 12.1. The Hall–Kier alpha value is -2.29. The third-order valence-electron chi connectivity index (χ3n) is 4.79. The molecular formula is C21H26N2O. The Morgan fingerprint density at radius 1 is 1.04 bits per heavy atom. The molecule has 2 amide bonds. The third-order valence-corrected chi connectivity index (χ3v) is 4.79. The second-order valence-electron chi connectivity index (χ2n) is 6.77. The number of nitrogens with one attached hydrogen (secondary N) is 2. The Kier molecular flexibility index (Phi) is 5.19. The molecule has 24 heavy (non-hydrogen) atoms. The highest BCUT2D eigenvalue weighted by Crippen LogP contribution is 2.24. The fourth-order valence-corrected chi connectivity index (χ4v) is 3.24. The van der Waals surface area contributed by atoms with Gasteiger partial charge in [-0.2, -0.15) is 0 Å². The van der Waals surface area contributed by atoms with E-state index in [0.717, 1.165) is 12.0 Å². The minimum absolute atomic E-state index is 0.00949. The lowest BCUT2D eigenvalue weighted by Gasteiger charge is -2.20. The summed E-state index contributed by atoms with van der Waals surface area (Å²) in [5, 5.41) is 5.97. The van der Waals surface area contributed by atoms with E-state index in [-0.39, 0.29) is 12.1 Å². The number of amides is 2. The molecule has 1 aliphatic carbocycles. The van der Waals surface area contributed by atoms with E-state index in [9.17, 15) is 4.79 Å². The van der Waals surface area contributed by atoms with Crippen LogP contribution >= 0.6 is 0 Å². The van der Waals surface area contributed by atoms with Crippen molar-refractivity contribution in [3.8, 4) is 0 Å². The van der Waals surface area contributed by atoms with Crippen LogP contribution in [0.15, 0.2) is 42.5 Å². The zero-order chi connectivity index (χ0) is 16.9. The molecule has 2 aromatic rings. The maximum atomic E-state index is 12.1. The highest BCUT2D eigenvalue weighted by molar-refractivity contribution is 5.74. The van der Waals surface area contributed by atoms with Crippen LogP contribution in [0.3, 0.4) is 0 Å². The summed E-state index contributed by atoms with van der Waals surface area (Å²) in [5.41, 5.74) is 6.44. The molecule has 2 aromatic carbocycles. The first kappa shape index (κ1) is 16.6. The van der Waals surface area contributed by atoms with Gasteiger partial charge in [0.15, 0.2) is 0 Å². The Bertz CT molecular complexity index is 706. The van der Waals surface area contributed by atoms with Crippen LogP contribution in [0.4, 0.5) is 4.79 Å².